The second-order valence-electron chi connectivity index (χ2n) is 4.26. The van der Waals surface area contributed by atoms with Gasteiger partial charge in [0.15, 0.2) is 0 Å². The summed E-state index contributed by atoms with van der Waals surface area (Å²) in [5, 5.41) is 7.93. The van der Waals surface area contributed by atoms with Crippen LogP contribution in [0, 0.1) is 5.41 Å². The van der Waals surface area contributed by atoms with Crippen molar-refractivity contribution in [2.75, 3.05) is 24.6 Å². The molecule has 5 nitrogen and oxygen atoms in total. The maximum atomic E-state index is 7.48. The largest absolute Gasteiger partial charge is 0.384 e. The Labute approximate surface area is 111 Å². The van der Waals surface area contributed by atoms with Crippen LogP contribution >= 0.6 is 11.6 Å². The highest BCUT2D eigenvalue weighted by Gasteiger charge is 2.23. The molecule has 0 aliphatic carbocycles. The molecule has 0 aromatic carbocycles. The van der Waals surface area contributed by atoms with E-state index in [0.717, 1.165) is 19.5 Å². The fourth-order valence-corrected chi connectivity index (χ4v) is 2.35. The van der Waals surface area contributed by atoms with Crippen LogP contribution in [0.4, 0.5) is 5.82 Å². The van der Waals surface area contributed by atoms with E-state index in [4.69, 9.17) is 27.5 Å². The molecule has 1 unspecified atom stereocenters. The average Bonchev–Trinajstić information content (AvgIpc) is 2.38. The number of hydrogen-bond acceptors (Lipinski definition) is 4. The molecule has 1 atom stereocenters. The van der Waals surface area contributed by atoms with Crippen molar-refractivity contribution in [1.29, 1.82) is 5.41 Å². The van der Waals surface area contributed by atoms with Crippen LogP contribution in [0.3, 0.4) is 0 Å². The van der Waals surface area contributed by atoms with Gasteiger partial charge < -0.3 is 15.4 Å². The van der Waals surface area contributed by atoms with Gasteiger partial charge in [-0.3, -0.25) is 5.41 Å². The van der Waals surface area contributed by atoms with Gasteiger partial charge in [-0.1, -0.05) is 18.5 Å². The summed E-state index contributed by atoms with van der Waals surface area (Å²) in [4.78, 5) is 6.39. The maximum Gasteiger partial charge on any atom is 0.148 e. The molecule has 1 aromatic heterocycles. The van der Waals surface area contributed by atoms with Crippen molar-refractivity contribution in [1.82, 2.24) is 4.98 Å². The van der Waals surface area contributed by atoms with Gasteiger partial charge in [-0.05, 0) is 12.5 Å². The lowest BCUT2D eigenvalue weighted by molar-refractivity contribution is 0.0382. The van der Waals surface area contributed by atoms with Gasteiger partial charge in [0.25, 0.3) is 0 Å². The van der Waals surface area contributed by atoms with Crippen LogP contribution < -0.4 is 10.6 Å². The van der Waals surface area contributed by atoms with E-state index in [9.17, 15) is 0 Å². The highest BCUT2D eigenvalue weighted by Crippen LogP contribution is 2.28. The smallest absolute Gasteiger partial charge is 0.148 e. The van der Waals surface area contributed by atoms with E-state index in [1.165, 1.54) is 0 Å². The van der Waals surface area contributed by atoms with Crippen LogP contribution in [0.5, 0.6) is 0 Å². The Hall–Kier alpha value is -1.33. The average molecular weight is 269 g/mol. The fourth-order valence-electron chi connectivity index (χ4n) is 2.02. The second-order valence-corrected chi connectivity index (χ2v) is 4.63. The van der Waals surface area contributed by atoms with Crippen molar-refractivity contribution in [2.45, 2.75) is 19.4 Å². The summed E-state index contributed by atoms with van der Waals surface area (Å²) in [5.74, 6) is 0.648. The summed E-state index contributed by atoms with van der Waals surface area (Å²) in [6.07, 6.45) is 2.80. The molecule has 1 aromatic rings. The number of anilines is 1. The van der Waals surface area contributed by atoms with Gasteiger partial charge in [-0.25, -0.2) is 4.98 Å². The number of nitrogen functional groups attached to an aromatic ring is 1. The topological polar surface area (TPSA) is 75.2 Å². The third-order valence-corrected chi connectivity index (χ3v) is 3.43. The van der Waals surface area contributed by atoms with Gasteiger partial charge in [0, 0.05) is 24.8 Å². The highest BCUT2D eigenvalue weighted by atomic mass is 35.5. The summed E-state index contributed by atoms with van der Waals surface area (Å²) in [6.45, 7) is 4.28. The molecule has 1 fully saturated rings. The third-order valence-electron chi connectivity index (χ3n) is 3.05. The van der Waals surface area contributed by atoms with Crippen molar-refractivity contribution in [2.24, 2.45) is 5.73 Å². The summed E-state index contributed by atoms with van der Waals surface area (Å²) in [5.41, 5.74) is 6.02. The quantitative estimate of drug-likeness (QED) is 0.645. The standard InChI is InChI=1S/C12H17ClN4O/c1-2-8-7-17(5-6-18-8)12-10(13)9(11(14)15)3-4-16-12/h3-4,8H,2,5-7H2,1H3,(H3,14,15). The summed E-state index contributed by atoms with van der Waals surface area (Å²) < 4.78 is 5.62. The first-order chi connectivity index (χ1) is 8.63. The van der Waals surface area contributed by atoms with Crippen LogP contribution in [0.2, 0.25) is 5.02 Å². The minimum atomic E-state index is -0.0380. The minimum Gasteiger partial charge on any atom is -0.384 e. The van der Waals surface area contributed by atoms with Crippen LogP contribution in [0.15, 0.2) is 12.3 Å². The molecular formula is C12H17ClN4O. The van der Waals surface area contributed by atoms with Crippen molar-refractivity contribution >= 4 is 23.3 Å². The van der Waals surface area contributed by atoms with E-state index in [1.807, 2.05) is 0 Å². The molecule has 0 amide bonds. The van der Waals surface area contributed by atoms with Gasteiger partial charge in [0.2, 0.25) is 0 Å². The Bertz CT molecular complexity index is 452. The molecule has 2 rings (SSSR count). The van der Waals surface area contributed by atoms with E-state index in [2.05, 4.69) is 16.8 Å². The zero-order valence-electron chi connectivity index (χ0n) is 10.3. The molecule has 3 N–H and O–H groups in total. The number of hydrogen-bond donors (Lipinski definition) is 2. The number of halogens is 1. The lowest BCUT2D eigenvalue weighted by atomic mass is 10.2. The lowest BCUT2D eigenvalue weighted by Crippen LogP contribution is -2.42. The van der Waals surface area contributed by atoms with Crippen molar-refractivity contribution in [3.63, 3.8) is 0 Å². The fraction of sp³-hybridized carbons (Fsp3) is 0.500. The monoisotopic (exact) mass is 268 g/mol. The summed E-state index contributed by atoms with van der Waals surface area (Å²) >= 11 is 6.26. The molecule has 2 heterocycles. The van der Waals surface area contributed by atoms with Gasteiger partial charge in [-0.15, -0.1) is 0 Å². The first-order valence-electron chi connectivity index (χ1n) is 5.99. The van der Waals surface area contributed by atoms with Crippen LogP contribution in [0.25, 0.3) is 0 Å². The van der Waals surface area contributed by atoms with E-state index in [-0.39, 0.29) is 11.9 Å². The Morgan fingerprint density at radius 2 is 2.50 bits per heavy atom. The number of rotatable bonds is 3. The molecule has 0 spiro atoms. The Kier molecular flexibility index (Phi) is 4.04. The van der Waals surface area contributed by atoms with Crippen LogP contribution in [-0.4, -0.2) is 36.6 Å². The Morgan fingerprint density at radius 1 is 1.72 bits per heavy atom. The predicted molar refractivity (Wildman–Crippen MR) is 72.5 cm³/mol. The number of nitrogens with zero attached hydrogens (tertiary/aromatic N) is 2. The number of ether oxygens (including phenoxy) is 1. The third kappa shape index (κ3) is 2.57. The molecule has 98 valence electrons. The first-order valence-corrected chi connectivity index (χ1v) is 6.36. The first kappa shape index (κ1) is 13.1. The van der Waals surface area contributed by atoms with Crippen molar-refractivity contribution < 1.29 is 4.74 Å². The molecule has 18 heavy (non-hydrogen) atoms. The maximum absolute atomic E-state index is 7.48. The molecule has 1 aliphatic rings. The van der Waals surface area contributed by atoms with Gasteiger partial charge in [0.05, 0.1) is 17.7 Å². The Morgan fingerprint density at radius 3 is 3.17 bits per heavy atom. The SMILES string of the molecule is CCC1CN(c2nccc(C(=N)N)c2Cl)CCO1. The summed E-state index contributed by atoms with van der Waals surface area (Å²) in [6, 6.07) is 1.66. The number of nitrogens with two attached hydrogens (primary N) is 1. The summed E-state index contributed by atoms with van der Waals surface area (Å²) in [7, 11) is 0. The lowest BCUT2D eigenvalue weighted by Gasteiger charge is -2.33. The van der Waals surface area contributed by atoms with E-state index >= 15 is 0 Å². The van der Waals surface area contributed by atoms with Gasteiger partial charge >= 0.3 is 0 Å². The Balaban J connectivity index is 2.27. The van der Waals surface area contributed by atoms with Crippen LogP contribution in [0.1, 0.15) is 18.9 Å². The minimum absolute atomic E-state index is 0.0380. The molecule has 0 bridgehead atoms. The van der Waals surface area contributed by atoms with E-state index in [0.29, 0.717) is 23.0 Å². The van der Waals surface area contributed by atoms with E-state index < -0.39 is 0 Å². The van der Waals surface area contributed by atoms with Crippen molar-refractivity contribution in [3.05, 3.63) is 22.8 Å². The molecular weight excluding hydrogens is 252 g/mol. The zero-order valence-corrected chi connectivity index (χ0v) is 11.1. The van der Waals surface area contributed by atoms with E-state index in [1.54, 1.807) is 12.3 Å². The number of nitrogens with one attached hydrogen (secondary N) is 1. The molecule has 1 saturated heterocycles. The molecule has 0 saturated carbocycles. The number of aromatic nitrogens is 1. The van der Waals surface area contributed by atoms with Gasteiger partial charge in [0.1, 0.15) is 11.7 Å². The van der Waals surface area contributed by atoms with Crippen LogP contribution in [-0.2, 0) is 4.74 Å². The molecule has 0 radical (unpaired) electrons. The zero-order chi connectivity index (χ0) is 13.1. The molecule has 1 aliphatic heterocycles. The van der Waals surface area contributed by atoms with Gasteiger partial charge in [-0.2, -0.15) is 0 Å². The second kappa shape index (κ2) is 5.54. The number of pyridine rings is 1. The number of morpholine rings is 1. The molecule has 6 heteroatoms. The predicted octanol–water partition coefficient (Wildman–Crippen LogP) is 1.63. The number of amidine groups is 1. The normalized spacial score (nSPS) is 19.9. The van der Waals surface area contributed by atoms with Crippen molar-refractivity contribution in [3.8, 4) is 0 Å². The highest BCUT2D eigenvalue weighted by molar-refractivity contribution is 6.36.